The van der Waals surface area contributed by atoms with Gasteiger partial charge in [-0.05, 0) is 78.7 Å². The van der Waals surface area contributed by atoms with Crippen molar-refractivity contribution in [3.05, 3.63) is 107 Å². The van der Waals surface area contributed by atoms with E-state index in [2.05, 4.69) is 27.5 Å². The molecule has 0 radical (unpaired) electrons. The molecule has 0 aromatic heterocycles. The second kappa shape index (κ2) is 9.20. The lowest BCUT2D eigenvalue weighted by Gasteiger charge is -2.30. The van der Waals surface area contributed by atoms with E-state index in [0.717, 1.165) is 30.8 Å². The van der Waals surface area contributed by atoms with Gasteiger partial charge in [-0.15, -0.1) is 0 Å². The molecule has 1 unspecified atom stereocenters. The van der Waals surface area contributed by atoms with Crippen molar-refractivity contribution in [3.63, 3.8) is 0 Å². The third kappa shape index (κ3) is 4.55. The van der Waals surface area contributed by atoms with E-state index >= 15 is 0 Å². The second-order valence-corrected chi connectivity index (χ2v) is 8.83. The first kappa shape index (κ1) is 21.4. The van der Waals surface area contributed by atoms with Gasteiger partial charge in [-0.25, -0.2) is 4.39 Å². The van der Waals surface area contributed by atoms with E-state index in [1.165, 1.54) is 30.1 Å². The summed E-state index contributed by atoms with van der Waals surface area (Å²) in [7, 11) is 0. The van der Waals surface area contributed by atoms with E-state index in [1.54, 1.807) is 12.1 Å². The van der Waals surface area contributed by atoms with Crippen molar-refractivity contribution < 1.29 is 9.50 Å². The molecule has 1 fully saturated rings. The molecule has 5 rings (SSSR count). The van der Waals surface area contributed by atoms with Crippen LogP contribution in [0.1, 0.15) is 25.3 Å². The maximum Gasteiger partial charge on any atom is 0.131 e. The first-order chi connectivity index (χ1) is 16.1. The molecule has 1 N–H and O–H groups in total. The summed E-state index contributed by atoms with van der Waals surface area (Å²) in [5.41, 5.74) is 5.54. The van der Waals surface area contributed by atoms with Gasteiger partial charge in [0.1, 0.15) is 5.82 Å². The summed E-state index contributed by atoms with van der Waals surface area (Å²) in [6.07, 6.45) is 10.8. The highest BCUT2D eigenvalue weighted by molar-refractivity contribution is 5.92. The number of nitrogens with zero attached hydrogens (tertiary/aromatic N) is 2. The van der Waals surface area contributed by atoms with Gasteiger partial charge >= 0.3 is 0 Å². The third-order valence-corrected chi connectivity index (χ3v) is 6.52. The SMILES string of the molecule is CC1=C(N=C([O-])c2ccc(-c3ccccc3)c(F)c2)C=CC2=CC(CN3CCCC3)=CNC21. The summed E-state index contributed by atoms with van der Waals surface area (Å²) in [5, 5.41) is 16.3. The van der Waals surface area contributed by atoms with E-state index < -0.39 is 11.7 Å². The van der Waals surface area contributed by atoms with Crippen LogP contribution in [0.25, 0.3) is 11.1 Å². The van der Waals surface area contributed by atoms with Gasteiger partial charge in [0.2, 0.25) is 0 Å². The van der Waals surface area contributed by atoms with Crippen LogP contribution in [0.2, 0.25) is 0 Å². The van der Waals surface area contributed by atoms with Crippen LogP contribution >= 0.6 is 0 Å². The molecule has 2 aliphatic heterocycles. The number of hydrogen-bond donors (Lipinski definition) is 1. The van der Waals surface area contributed by atoms with Crippen molar-refractivity contribution in [2.75, 3.05) is 19.6 Å². The Labute approximate surface area is 194 Å². The van der Waals surface area contributed by atoms with E-state index in [-0.39, 0.29) is 11.6 Å². The lowest BCUT2D eigenvalue weighted by molar-refractivity contribution is -0.212. The molecule has 168 valence electrons. The smallest absolute Gasteiger partial charge is 0.131 e. The quantitative estimate of drug-likeness (QED) is 0.557. The molecule has 0 amide bonds. The number of allylic oxidation sites excluding steroid dienone is 1. The Bertz CT molecular complexity index is 1200. The third-order valence-electron chi connectivity index (χ3n) is 6.52. The van der Waals surface area contributed by atoms with Crippen molar-refractivity contribution in [2.24, 2.45) is 4.99 Å². The summed E-state index contributed by atoms with van der Waals surface area (Å²) in [5.74, 6) is -0.872. The maximum atomic E-state index is 14.7. The van der Waals surface area contributed by atoms with Gasteiger partial charge < -0.3 is 10.4 Å². The molecule has 3 aliphatic rings. The Morgan fingerprint density at radius 3 is 2.67 bits per heavy atom. The van der Waals surface area contributed by atoms with Gasteiger partial charge in [0.25, 0.3) is 0 Å². The highest BCUT2D eigenvalue weighted by Gasteiger charge is 2.23. The van der Waals surface area contributed by atoms with Crippen molar-refractivity contribution in [3.8, 4) is 11.1 Å². The predicted molar refractivity (Wildman–Crippen MR) is 129 cm³/mol. The Hall–Kier alpha value is -3.44. The molecule has 4 nitrogen and oxygen atoms in total. The Morgan fingerprint density at radius 2 is 1.91 bits per heavy atom. The van der Waals surface area contributed by atoms with Crippen molar-refractivity contribution in [2.45, 2.75) is 25.8 Å². The molecule has 2 aromatic rings. The molecule has 2 aromatic carbocycles. The fourth-order valence-corrected chi connectivity index (χ4v) is 4.69. The van der Waals surface area contributed by atoms with Gasteiger partial charge in [-0.3, -0.25) is 9.89 Å². The summed E-state index contributed by atoms with van der Waals surface area (Å²) in [4.78, 5) is 6.79. The number of aliphatic imine (C=N–C) groups is 1. The average Bonchev–Trinajstić information content (AvgIpc) is 3.34. The number of dihydropyridines is 1. The number of benzene rings is 2. The van der Waals surface area contributed by atoms with E-state index in [4.69, 9.17) is 0 Å². The summed E-state index contributed by atoms with van der Waals surface area (Å²) >= 11 is 0. The number of fused-ring (bicyclic) bond motifs is 1. The molecule has 5 heteroatoms. The molecule has 0 spiro atoms. The lowest BCUT2D eigenvalue weighted by Crippen LogP contribution is -2.34. The molecule has 0 saturated carbocycles. The van der Waals surface area contributed by atoms with Crippen LogP contribution in [0, 0.1) is 5.82 Å². The van der Waals surface area contributed by atoms with Crippen LogP contribution in [-0.2, 0) is 0 Å². The van der Waals surface area contributed by atoms with E-state index in [9.17, 15) is 9.50 Å². The van der Waals surface area contributed by atoms with Crippen LogP contribution < -0.4 is 10.4 Å². The topological polar surface area (TPSA) is 50.7 Å². The van der Waals surface area contributed by atoms with E-state index in [0.29, 0.717) is 11.3 Å². The molecular formula is C28H27FN3O-. The van der Waals surface area contributed by atoms with Crippen LogP contribution in [0.15, 0.2) is 100 Å². The van der Waals surface area contributed by atoms with Crippen molar-refractivity contribution in [1.29, 1.82) is 0 Å². The van der Waals surface area contributed by atoms with Gasteiger partial charge in [-0.1, -0.05) is 54.6 Å². The lowest BCUT2D eigenvalue weighted by atomic mass is 9.89. The molecule has 1 aliphatic carbocycles. The standard InChI is InChI=1S/C28H28FN3O/c1-19-26(12-10-22-15-20(17-30-27(19)22)18-32-13-5-6-14-32)31-28(33)23-9-11-24(25(29)16-23)21-7-3-2-4-8-21/h2-4,7-12,15-17,27,30H,5-6,13-14,18H2,1H3,(H,31,33)/p-1. The van der Waals surface area contributed by atoms with Gasteiger partial charge in [-0.2, -0.15) is 0 Å². The number of hydrogen-bond acceptors (Lipinski definition) is 4. The van der Waals surface area contributed by atoms with Crippen LogP contribution in [0.3, 0.4) is 0 Å². The summed E-state index contributed by atoms with van der Waals surface area (Å²) in [6.45, 7) is 5.27. The zero-order valence-electron chi connectivity index (χ0n) is 18.7. The van der Waals surface area contributed by atoms with Crippen LogP contribution in [0.5, 0.6) is 0 Å². The zero-order chi connectivity index (χ0) is 22.8. The normalized spacial score (nSPS) is 20.9. The number of likely N-dealkylation sites (tertiary alicyclic amines) is 1. The van der Waals surface area contributed by atoms with Gasteiger partial charge in [0.05, 0.1) is 11.7 Å². The largest absolute Gasteiger partial charge is 0.858 e. The first-order valence-corrected chi connectivity index (χ1v) is 11.5. The Kier molecular flexibility index (Phi) is 5.97. The number of rotatable bonds is 5. The highest BCUT2D eigenvalue weighted by Crippen LogP contribution is 2.29. The van der Waals surface area contributed by atoms with Crippen LogP contribution in [0.4, 0.5) is 4.39 Å². The molecule has 0 bridgehead atoms. The molecule has 33 heavy (non-hydrogen) atoms. The fourth-order valence-electron chi connectivity index (χ4n) is 4.69. The Balaban J connectivity index is 1.34. The van der Waals surface area contributed by atoms with Crippen molar-refractivity contribution >= 4 is 5.90 Å². The molecule has 2 heterocycles. The maximum absolute atomic E-state index is 14.7. The van der Waals surface area contributed by atoms with Gasteiger partial charge in [0, 0.05) is 18.3 Å². The minimum atomic E-state index is -0.444. The fraction of sp³-hybridized carbons (Fsp3) is 0.250. The molecule has 1 atom stereocenters. The predicted octanol–water partition coefficient (Wildman–Crippen LogP) is 4.32. The van der Waals surface area contributed by atoms with Gasteiger partial charge in [0.15, 0.2) is 0 Å². The second-order valence-electron chi connectivity index (χ2n) is 8.83. The summed E-state index contributed by atoms with van der Waals surface area (Å²) < 4.78 is 14.7. The monoisotopic (exact) mass is 440 g/mol. The Morgan fingerprint density at radius 1 is 1.12 bits per heavy atom. The zero-order valence-corrected chi connectivity index (χ0v) is 18.7. The van der Waals surface area contributed by atoms with E-state index in [1.807, 2.05) is 49.4 Å². The average molecular weight is 441 g/mol. The van der Waals surface area contributed by atoms with Crippen molar-refractivity contribution in [1.82, 2.24) is 10.2 Å². The highest BCUT2D eigenvalue weighted by atomic mass is 19.1. The number of nitrogens with one attached hydrogen (secondary N) is 1. The summed E-state index contributed by atoms with van der Waals surface area (Å²) in [6, 6.07) is 13.9. The minimum absolute atomic E-state index is 0.000991. The molecular weight excluding hydrogens is 413 g/mol. The molecule has 1 saturated heterocycles. The minimum Gasteiger partial charge on any atom is -0.858 e. The number of halogens is 1. The first-order valence-electron chi connectivity index (χ1n) is 11.5. The van der Waals surface area contributed by atoms with Crippen LogP contribution in [-0.4, -0.2) is 36.5 Å².